The van der Waals surface area contributed by atoms with Crippen molar-refractivity contribution >= 4 is 5.91 Å². The second kappa shape index (κ2) is 73.9. The highest BCUT2D eigenvalue weighted by Gasteiger charge is 2.44. The van der Waals surface area contributed by atoms with Crippen LogP contribution in [0, 0.1) is 0 Å². The molecule has 0 aromatic rings. The summed E-state index contributed by atoms with van der Waals surface area (Å²) in [6, 6.07) is -0.716. The summed E-state index contributed by atoms with van der Waals surface area (Å²) < 4.78 is 11.4. The Morgan fingerprint density at radius 3 is 0.763 bits per heavy atom. The summed E-state index contributed by atoms with van der Waals surface area (Å²) in [5.74, 6) is -0.131. The highest BCUT2D eigenvalue weighted by atomic mass is 16.7. The molecular weight excluding hydrogens is 1150 g/mol. The average molecular weight is 1320 g/mol. The van der Waals surface area contributed by atoms with Gasteiger partial charge in [0.05, 0.1) is 25.4 Å². The molecule has 1 amide bonds. The molecule has 93 heavy (non-hydrogen) atoms. The molecule has 0 aromatic heterocycles. The summed E-state index contributed by atoms with van der Waals surface area (Å²) in [7, 11) is 0. The molecule has 9 heteroatoms. The number of nitrogens with one attached hydrogen (secondary N) is 1. The minimum absolute atomic E-state index is 0.130. The summed E-state index contributed by atoms with van der Waals surface area (Å²) in [5, 5.41) is 55.1. The van der Waals surface area contributed by atoms with E-state index in [0.29, 0.717) is 12.8 Å². The molecule has 0 bridgehead atoms. The number of aliphatic hydroxyl groups excluding tert-OH is 5. The lowest BCUT2D eigenvalue weighted by atomic mass is 9.99. The molecule has 1 fully saturated rings. The lowest BCUT2D eigenvalue weighted by Gasteiger charge is -2.40. The van der Waals surface area contributed by atoms with Crippen molar-refractivity contribution in [3.05, 3.63) is 0 Å². The molecule has 0 saturated carbocycles. The average Bonchev–Trinajstić information content (AvgIpc) is 1.00. The molecular formula is C84H167NO8. The first-order valence-corrected chi connectivity index (χ1v) is 42.7. The third-order valence-corrected chi connectivity index (χ3v) is 21.2. The van der Waals surface area contributed by atoms with Crippen molar-refractivity contribution in [2.45, 2.75) is 519 Å². The van der Waals surface area contributed by atoms with Crippen molar-refractivity contribution in [2.24, 2.45) is 0 Å². The molecule has 0 aromatic carbocycles. The van der Waals surface area contributed by atoms with Crippen molar-refractivity contribution in [2.75, 3.05) is 13.2 Å². The minimum Gasteiger partial charge on any atom is -0.394 e. The molecule has 1 aliphatic heterocycles. The monoisotopic (exact) mass is 1320 g/mol. The van der Waals surface area contributed by atoms with Gasteiger partial charge in [-0.25, -0.2) is 0 Å². The van der Waals surface area contributed by atoms with E-state index in [1.54, 1.807) is 0 Å². The normalized spacial score (nSPS) is 17.4. The highest BCUT2D eigenvalue weighted by Crippen LogP contribution is 2.25. The van der Waals surface area contributed by atoms with Crippen LogP contribution in [0.1, 0.15) is 476 Å². The van der Waals surface area contributed by atoms with Gasteiger partial charge in [-0.15, -0.1) is 0 Å². The van der Waals surface area contributed by atoms with Crippen molar-refractivity contribution in [1.82, 2.24) is 5.32 Å². The Kier molecular flexibility index (Phi) is 71.7. The standard InChI is InChI=1S/C84H167NO8/c1-3-5-7-9-11-13-15-17-19-21-23-25-27-29-31-33-34-35-36-37-38-39-40-41-42-43-44-46-48-50-52-54-56-58-60-62-64-66-68-70-72-74-80(88)85-77(76-92-84-83(91)82(90)81(89)79(75-86)93-84)78(87)73-71-69-67-65-63-61-59-57-55-53-51-49-47-45-32-30-28-26-24-22-20-18-16-14-12-10-8-6-4-2/h77-79,81-84,86-87,89-91H,3-76H2,1-2H3,(H,85,88). The Morgan fingerprint density at radius 2 is 0.538 bits per heavy atom. The number of aliphatic hydroxyl groups is 5. The predicted molar refractivity (Wildman–Crippen MR) is 401 cm³/mol. The van der Waals surface area contributed by atoms with E-state index in [1.807, 2.05) is 0 Å². The topological polar surface area (TPSA) is 149 Å². The molecule has 7 unspecified atom stereocenters. The Labute approximate surface area is 580 Å². The lowest BCUT2D eigenvalue weighted by molar-refractivity contribution is -0.302. The SMILES string of the molecule is CCCCCCCCCCCCCCCCCCCCCCCCCCCCCCCCCCCCCCCCCCCC(=O)NC(COC1OC(CO)C(O)C(O)C1O)C(O)CCCCCCCCCCCCCCCCCCCCCCCCCCCCCCC. The minimum atomic E-state index is -1.55. The van der Waals surface area contributed by atoms with Gasteiger partial charge in [-0.05, 0) is 12.8 Å². The van der Waals surface area contributed by atoms with Gasteiger partial charge in [0, 0.05) is 6.42 Å². The van der Waals surface area contributed by atoms with Gasteiger partial charge in [0.25, 0.3) is 0 Å². The zero-order valence-corrected chi connectivity index (χ0v) is 62.8. The third kappa shape index (κ3) is 62.0. The van der Waals surface area contributed by atoms with Crippen LogP contribution in [0.25, 0.3) is 0 Å². The first-order valence-electron chi connectivity index (χ1n) is 42.7. The first-order chi connectivity index (χ1) is 45.8. The fourth-order valence-electron chi connectivity index (χ4n) is 14.6. The van der Waals surface area contributed by atoms with Crippen LogP contribution in [-0.4, -0.2) is 87.5 Å². The van der Waals surface area contributed by atoms with Gasteiger partial charge in [-0.3, -0.25) is 4.79 Å². The van der Waals surface area contributed by atoms with Crippen LogP contribution in [0.15, 0.2) is 0 Å². The van der Waals surface area contributed by atoms with Crippen molar-refractivity contribution < 1.29 is 39.8 Å². The molecule has 0 radical (unpaired) electrons. The number of carbonyl (C=O) groups is 1. The Bertz CT molecular complexity index is 1430. The molecule has 0 spiro atoms. The quantitative estimate of drug-likeness (QED) is 0.0330. The Morgan fingerprint density at radius 1 is 0.323 bits per heavy atom. The van der Waals surface area contributed by atoms with Gasteiger partial charge in [0.15, 0.2) is 6.29 Å². The second-order valence-corrected chi connectivity index (χ2v) is 30.4. The van der Waals surface area contributed by atoms with E-state index < -0.39 is 49.5 Å². The fraction of sp³-hybridized carbons (Fsp3) is 0.988. The highest BCUT2D eigenvalue weighted by molar-refractivity contribution is 5.76. The number of amides is 1. The number of carbonyl (C=O) groups excluding carboxylic acids is 1. The van der Waals surface area contributed by atoms with E-state index >= 15 is 0 Å². The molecule has 1 rings (SSSR count). The Balaban J connectivity index is 2.00. The van der Waals surface area contributed by atoms with Crippen molar-refractivity contribution in [3.63, 3.8) is 0 Å². The molecule has 1 saturated heterocycles. The molecule has 1 heterocycles. The van der Waals surface area contributed by atoms with Crippen molar-refractivity contribution in [3.8, 4) is 0 Å². The number of ether oxygens (including phenoxy) is 2. The van der Waals surface area contributed by atoms with E-state index in [2.05, 4.69) is 19.2 Å². The van der Waals surface area contributed by atoms with E-state index in [0.717, 1.165) is 38.5 Å². The molecule has 9 nitrogen and oxygen atoms in total. The van der Waals surface area contributed by atoms with E-state index in [-0.39, 0.29) is 12.5 Å². The molecule has 6 N–H and O–H groups in total. The van der Waals surface area contributed by atoms with Crippen LogP contribution in [0.3, 0.4) is 0 Å². The Hall–Kier alpha value is -0.810. The number of hydrogen-bond donors (Lipinski definition) is 6. The molecule has 0 aliphatic carbocycles. The molecule has 1 aliphatic rings. The molecule has 7 atom stereocenters. The summed E-state index contributed by atoms with van der Waals surface area (Å²) >= 11 is 0. The summed E-state index contributed by atoms with van der Waals surface area (Å²) in [6.07, 6.45) is 89.7. The summed E-state index contributed by atoms with van der Waals surface area (Å²) in [5.41, 5.74) is 0. The van der Waals surface area contributed by atoms with Crippen LogP contribution in [0.5, 0.6) is 0 Å². The van der Waals surface area contributed by atoms with Crippen molar-refractivity contribution in [1.29, 1.82) is 0 Å². The molecule has 556 valence electrons. The zero-order valence-electron chi connectivity index (χ0n) is 62.8. The maximum Gasteiger partial charge on any atom is 0.220 e. The van der Waals surface area contributed by atoms with E-state index in [1.165, 1.54) is 411 Å². The predicted octanol–water partition coefficient (Wildman–Crippen LogP) is 24.8. The fourth-order valence-corrected chi connectivity index (χ4v) is 14.6. The maximum absolute atomic E-state index is 13.2. The van der Waals surface area contributed by atoms with Gasteiger partial charge in [0.2, 0.25) is 5.91 Å². The number of rotatable bonds is 78. The second-order valence-electron chi connectivity index (χ2n) is 30.4. The number of hydrogen-bond acceptors (Lipinski definition) is 8. The van der Waals surface area contributed by atoms with Crippen LogP contribution in [-0.2, 0) is 14.3 Å². The number of unbranched alkanes of at least 4 members (excludes halogenated alkanes) is 68. The lowest BCUT2D eigenvalue weighted by Crippen LogP contribution is -2.60. The van der Waals surface area contributed by atoms with Gasteiger partial charge >= 0.3 is 0 Å². The first kappa shape index (κ1) is 90.2. The van der Waals surface area contributed by atoms with Gasteiger partial charge < -0.3 is 40.3 Å². The largest absolute Gasteiger partial charge is 0.394 e. The van der Waals surface area contributed by atoms with Gasteiger partial charge in [-0.1, -0.05) is 457 Å². The smallest absolute Gasteiger partial charge is 0.220 e. The van der Waals surface area contributed by atoms with E-state index in [9.17, 15) is 30.3 Å². The van der Waals surface area contributed by atoms with Gasteiger partial charge in [-0.2, -0.15) is 0 Å². The van der Waals surface area contributed by atoms with Gasteiger partial charge in [0.1, 0.15) is 24.4 Å². The van der Waals surface area contributed by atoms with Crippen LogP contribution < -0.4 is 5.32 Å². The van der Waals surface area contributed by atoms with E-state index in [4.69, 9.17) is 9.47 Å². The summed E-state index contributed by atoms with van der Waals surface area (Å²) in [4.78, 5) is 13.2. The zero-order chi connectivity index (χ0) is 67.1. The summed E-state index contributed by atoms with van der Waals surface area (Å²) in [6.45, 7) is 3.93. The van der Waals surface area contributed by atoms with Crippen LogP contribution in [0.2, 0.25) is 0 Å². The van der Waals surface area contributed by atoms with Crippen LogP contribution in [0.4, 0.5) is 0 Å². The third-order valence-electron chi connectivity index (χ3n) is 21.2. The van der Waals surface area contributed by atoms with Crippen LogP contribution >= 0.6 is 0 Å². The maximum atomic E-state index is 13.2.